The number of carbonyl (C=O) groups is 2. The second kappa shape index (κ2) is 12.7. The molecule has 0 fully saturated rings. The number of ether oxygens (including phenoxy) is 2. The van der Waals surface area contributed by atoms with Crippen molar-refractivity contribution in [3.8, 4) is 0 Å². The summed E-state index contributed by atoms with van der Waals surface area (Å²) in [4.78, 5) is 20.8. The van der Waals surface area contributed by atoms with Gasteiger partial charge in [0.2, 0.25) is 0 Å². The van der Waals surface area contributed by atoms with Crippen LogP contribution in [0.3, 0.4) is 0 Å². The number of unbranched alkanes of at least 4 members (excludes halogenated alkanes) is 1. The van der Waals surface area contributed by atoms with Crippen LogP contribution in [0.1, 0.15) is 46.0 Å². The van der Waals surface area contributed by atoms with Crippen LogP contribution in [0.4, 0.5) is 0 Å². The Bertz CT molecular complexity index is 234. The van der Waals surface area contributed by atoms with Gasteiger partial charge in [-0.2, -0.15) is 0 Å². The van der Waals surface area contributed by atoms with Gasteiger partial charge in [-0.15, -0.1) is 6.58 Å². The summed E-state index contributed by atoms with van der Waals surface area (Å²) in [6, 6.07) is 0. The molecule has 0 atom stereocenters. The van der Waals surface area contributed by atoms with Crippen molar-refractivity contribution in [2.24, 2.45) is 0 Å². The first kappa shape index (κ1) is 18.1. The third-order valence-corrected chi connectivity index (χ3v) is 1.95. The maximum Gasteiger partial charge on any atom is 0.305 e. The fourth-order valence-corrected chi connectivity index (χ4v) is 0.841. The monoisotopic (exact) mass is 244 g/mol. The highest BCUT2D eigenvalue weighted by Gasteiger charge is 1.97. The van der Waals surface area contributed by atoms with E-state index < -0.39 is 0 Å². The molecular weight excluding hydrogens is 220 g/mol. The average molecular weight is 244 g/mol. The molecule has 0 rings (SSSR count). The van der Waals surface area contributed by atoms with Crippen LogP contribution < -0.4 is 0 Å². The molecule has 0 aromatic carbocycles. The molecule has 0 saturated carbocycles. The van der Waals surface area contributed by atoms with Crippen molar-refractivity contribution in [1.29, 1.82) is 0 Å². The molecule has 4 heteroatoms. The minimum atomic E-state index is -0.169. The fraction of sp³-hybridized carbons (Fsp3) is 0.692. The quantitative estimate of drug-likeness (QED) is 0.532. The van der Waals surface area contributed by atoms with Gasteiger partial charge < -0.3 is 9.47 Å². The Balaban J connectivity index is 0. The lowest BCUT2D eigenvalue weighted by atomic mass is 10.2. The molecule has 0 unspecified atom stereocenters. The molecule has 0 radical (unpaired) electrons. The number of carbonyl (C=O) groups excluding carboxylic acids is 2. The van der Waals surface area contributed by atoms with Gasteiger partial charge in [0.05, 0.1) is 14.2 Å². The smallest absolute Gasteiger partial charge is 0.305 e. The molecule has 0 aromatic heterocycles. The highest BCUT2D eigenvalue weighted by Crippen LogP contribution is 2.00. The van der Waals surface area contributed by atoms with Gasteiger partial charge in [-0.05, 0) is 19.8 Å². The van der Waals surface area contributed by atoms with Crippen LogP contribution in [0.2, 0.25) is 0 Å². The predicted octanol–water partition coefficient (Wildman–Crippen LogP) is 2.87. The largest absolute Gasteiger partial charge is 0.469 e. The van der Waals surface area contributed by atoms with Gasteiger partial charge in [-0.25, -0.2) is 0 Å². The van der Waals surface area contributed by atoms with Gasteiger partial charge in [0, 0.05) is 12.8 Å². The van der Waals surface area contributed by atoms with Gasteiger partial charge in [0.15, 0.2) is 0 Å². The number of hydrogen-bond acceptors (Lipinski definition) is 4. The zero-order valence-electron chi connectivity index (χ0n) is 11.4. The summed E-state index contributed by atoms with van der Waals surface area (Å²) < 4.78 is 8.83. The summed E-state index contributed by atoms with van der Waals surface area (Å²) in [6.45, 7) is 7.59. The summed E-state index contributed by atoms with van der Waals surface area (Å²) in [5.41, 5.74) is 1.01. The number of rotatable bonds is 6. The molecule has 0 N–H and O–H groups in total. The first-order chi connectivity index (χ1) is 7.97. The second-order valence-corrected chi connectivity index (χ2v) is 3.71. The SMILES string of the molecule is C=C(C)CCC(=O)OC.CCCCC(=O)OC. The van der Waals surface area contributed by atoms with Crippen LogP contribution in [0.15, 0.2) is 12.2 Å². The zero-order chi connectivity index (χ0) is 13.7. The topological polar surface area (TPSA) is 52.6 Å². The number of hydrogen-bond donors (Lipinski definition) is 0. The van der Waals surface area contributed by atoms with Crippen molar-refractivity contribution in [3.63, 3.8) is 0 Å². The van der Waals surface area contributed by atoms with E-state index in [-0.39, 0.29) is 11.9 Å². The second-order valence-electron chi connectivity index (χ2n) is 3.71. The maximum absolute atomic E-state index is 10.5. The molecule has 0 spiro atoms. The Morgan fingerprint density at radius 3 is 1.82 bits per heavy atom. The van der Waals surface area contributed by atoms with E-state index in [4.69, 9.17) is 0 Å². The zero-order valence-corrected chi connectivity index (χ0v) is 11.4. The van der Waals surface area contributed by atoms with E-state index in [1.54, 1.807) is 0 Å². The molecule has 0 aliphatic carbocycles. The van der Waals surface area contributed by atoms with E-state index in [2.05, 4.69) is 16.1 Å². The minimum Gasteiger partial charge on any atom is -0.469 e. The highest BCUT2D eigenvalue weighted by atomic mass is 16.5. The van der Waals surface area contributed by atoms with Crippen LogP contribution in [-0.4, -0.2) is 26.2 Å². The molecule has 4 nitrogen and oxygen atoms in total. The van der Waals surface area contributed by atoms with Crippen molar-refractivity contribution in [3.05, 3.63) is 12.2 Å². The normalized spacial score (nSPS) is 8.71. The molecule has 17 heavy (non-hydrogen) atoms. The number of allylic oxidation sites excluding steroid dienone is 1. The van der Waals surface area contributed by atoms with Gasteiger partial charge >= 0.3 is 11.9 Å². The summed E-state index contributed by atoms with van der Waals surface area (Å²) in [6.07, 6.45) is 3.73. The lowest BCUT2D eigenvalue weighted by Gasteiger charge is -1.96. The molecule has 0 heterocycles. The van der Waals surface area contributed by atoms with Crippen LogP contribution in [-0.2, 0) is 19.1 Å². The predicted molar refractivity (Wildman–Crippen MR) is 67.6 cm³/mol. The van der Waals surface area contributed by atoms with Crippen molar-refractivity contribution in [1.82, 2.24) is 0 Å². The van der Waals surface area contributed by atoms with E-state index in [0.29, 0.717) is 12.8 Å². The summed E-state index contributed by atoms with van der Waals surface area (Å²) in [5.74, 6) is -0.273. The maximum atomic E-state index is 10.5. The molecule has 0 aliphatic rings. The lowest BCUT2D eigenvalue weighted by molar-refractivity contribution is -0.141. The summed E-state index contributed by atoms with van der Waals surface area (Å²) in [7, 11) is 2.80. The average Bonchev–Trinajstić information content (AvgIpc) is 2.33. The van der Waals surface area contributed by atoms with Crippen LogP contribution in [0.5, 0.6) is 0 Å². The number of methoxy groups -OCH3 is 2. The van der Waals surface area contributed by atoms with Crippen molar-refractivity contribution in [2.45, 2.75) is 46.0 Å². The molecule has 100 valence electrons. The Morgan fingerprint density at radius 2 is 1.47 bits per heavy atom. The van der Waals surface area contributed by atoms with Crippen LogP contribution >= 0.6 is 0 Å². The van der Waals surface area contributed by atoms with E-state index >= 15 is 0 Å². The molecule has 0 saturated heterocycles. The standard InChI is InChI=1S/C7H12O2.C6H12O2/c1-6(2)4-5-7(8)9-3;1-3-4-5-6(7)8-2/h1,4-5H2,2-3H3;3-5H2,1-2H3. The van der Waals surface area contributed by atoms with Crippen LogP contribution in [0.25, 0.3) is 0 Å². The van der Waals surface area contributed by atoms with Gasteiger partial charge in [-0.3, -0.25) is 9.59 Å². The molecular formula is C13H24O4. The first-order valence-corrected chi connectivity index (χ1v) is 5.75. The molecule has 0 bridgehead atoms. The molecule has 0 amide bonds. The van der Waals surface area contributed by atoms with E-state index in [9.17, 15) is 9.59 Å². The fourth-order valence-electron chi connectivity index (χ4n) is 0.841. The lowest BCUT2D eigenvalue weighted by Crippen LogP contribution is -1.98. The van der Waals surface area contributed by atoms with Gasteiger partial charge in [-0.1, -0.05) is 18.9 Å². The third kappa shape index (κ3) is 17.3. The van der Waals surface area contributed by atoms with Crippen LogP contribution in [0, 0.1) is 0 Å². The van der Waals surface area contributed by atoms with Gasteiger partial charge in [0.1, 0.15) is 0 Å². The number of esters is 2. The Labute approximate surface area is 104 Å². The molecule has 0 aromatic rings. The summed E-state index contributed by atoms with van der Waals surface area (Å²) >= 11 is 0. The van der Waals surface area contributed by atoms with Gasteiger partial charge in [0.25, 0.3) is 0 Å². The van der Waals surface area contributed by atoms with E-state index in [1.807, 2.05) is 13.8 Å². The molecule has 0 aliphatic heterocycles. The first-order valence-electron chi connectivity index (χ1n) is 5.75. The third-order valence-electron chi connectivity index (χ3n) is 1.95. The Hall–Kier alpha value is -1.32. The van der Waals surface area contributed by atoms with E-state index in [1.165, 1.54) is 14.2 Å². The van der Waals surface area contributed by atoms with Crippen molar-refractivity contribution < 1.29 is 19.1 Å². The van der Waals surface area contributed by atoms with E-state index in [0.717, 1.165) is 24.8 Å². The summed E-state index contributed by atoms with van der Waals surface area (Å²) in [5, 5.41) is 0. The Kier molecular flexibility index (Phi) is 13.5. The van der Waals surface area contributed by atoms with Crippen molar-refractivity contribution in [2.75, 3.05) is 14.2 Å². The highest BCUT2D eigenvalue weighted by molar-refractivity contribution is 5.69. The van der Waals surface area contributed by atoms with Crippen molar-refractivity contribution >= 4 is 11.9 Å². The Morgan fingerprint density at radius 1 is 1.00 bits per heavy atom. The minimum absolute atomic E-state index is 0.105.